The highest BCUT2D eigenvalue weighted by atomic mass is 16.5. The largest absolute Gasteiger partial charge is 0.493 e. The number of Topliss-reactive ketones (excluding diaryl/α,β-unsaturated/α-hetero) is 1. The molecule has 0 unspecified atom stereocenters. The van der Waals surface area contributed by atoms with E-state index in [-0.39, 0.29) is 11.7 Å². The highest BCUT2D eigenvalue weighted by molar-refractivity contribution is 6.01. The number of benzene rings is 3. The second-order valence-electron chi connectivity index (χ2n) is 9.47. The molecule has 1 aliphatic carbocycles. The van der Waals surface area contributed by atoms with Crippen molar-refractivity contribution in [3.05, 3.63) is 77.0 Å². The Morgan fingerprint density at radius 1 is 0.769 bits per heavy atom. The molecule has 0 amide bonds. The molecule has 204 valence electrons. The van der Waals surface area contributed by atoms with Crippen molar-refractivity contribution in [1.29, 1.82) is 0 Å². The van der Waals surface area contributed by atoms with E-state index in [1.165, 1.54) is 0 Å². The highest BCUT2D eigenvalue weighted by Crippen LogP contribution is 2.47. The summed E-state index contributed by atoms with van der Waals surface area (Å²) in [6.45, 7) is 2.49. The summed E-state index contributed by atoms with van der Waals surface area (Å²) in [6, 6.07) is 17.3. The number of rotatable bonds is 8. The van der Waals surface area contributed by atoms with Gasteiger partial charge in [-0.1, -0.05) is 18.2 Å². The fraction of sp³-hybridized carbons (Fsp3) is 0.323. The molecule has 2 aliphatic rings. The van der Waals surface area contributed by atoms with E-state index in [1.807, 2.05) is 61.5 Å². The van der Waals surface area contributed by atoms with Crippen molar-refractivity contribution in [2.75, 3.05) is 45.7 Å². The fourth-order valence-corrected chi connectivity index (χ4v) is 5.46. The summed E-state index contributed by atoms with van der Waals surface area (Å²) in [5.41, 5.74) is 5.28. The summed E-state index contributed by atoms with van der Waals surface area (Å²) in [5.74, 6) is 2.98. The van der Waals surface area contributed by atoms with Gasteiger partial charge in [0.05, 0.1) is 52.5 Å². The quantitative estimate of drug-likeness (QED) is 0.361. The molecule has 2 N–H and O–H groups in total. The predicted molar refractivity (Wildman–Crippen MR) is 151 cm³/mol. The standard InChI is InChI=1S/C31H34N2O6/c1-6-39-25-12-11-18(15-26(25)35-2)19-13-23-29(24(34)14-19)30(33-22-10-8-7-9-21(22)32-23)20-16-27(36-3)31(38-5)28(17-20)37-4/h7-12,15-17,19,30,32-33H,6,13-14H2,1-5H3/t19-,30+/m0/s1. The van der Waals surface area contributed by atoms with E-state index < -0.39 is 6.04 Å². The molecule has 0 saturated carbocycles. The van der Waals surface area contributed by atoms with Crippen molar-refractivity contribution in [2.24, 2.45) is 0 Å². The maximum Gasteiger partial charge on any atom is 0.203 e. The zero-order valence-corrected chi connectivity index (χ0v) is 22.9. The Bertz CT molecular complexity index is 1390. The molecule has 1 heterocycles. The summed E-state index contributed by atoms with van der Waals surface area (Å²) in [6.07, 6.45) is 1.03. The monoisotopic (exact) mass is 530 g/mol. The van der Waals surface area contributed by atoms with Gasteiger partial charge in [-0.15, -0.1) is 0 Å². The van der Waals surface area contributed by atoms with Crippen LogP contribution in [0.3, 0.4) is 0 Å². The van der Waals surface area contributed by atoms with Gasteiger partial charge < -0.3 is 34.3 Å². The number of carbonyl (C=O) groups is 1. The molecule has 0 saturated heterocycles. The smallest absolute Gasteiger partial charge is 0.203 e. The molecule has 0 bridgehead atoms. The van der Waals surface area contributed by atoms with Crippen molar-refractivity contribution in [3.63, 3.8) is 0 Å². The van der Waals surface area contributed by atoms with Crippen LogP contribution in [-0.4, -0.2) is 40.8 Å². The Morgan fingerprint density at radius 3 is 2.08 bits per heavy atom. The third-order valence-electron chi connectivity index (χ3n) is 7.29. The summed E-state index contributed by atoms with van der Waals surface area (Å²) in [7, 11) is 6.38. The minimum Gasteiger partial charge on any atom is -0.493 e. The third-order valence-corrected chi connectivity index (χ3v) is 7.29. The van der Waals surface area contributed by atoms with Crippen molar-refractivity contribution in [2.45, 2.75) is 31.7 Å². The lowest BCUT2D eigenvalue weighted by molar-refractivity contribution is -0.116. The first-order valence-corrected chi connectivity index (χ1v) is 13.0. The number of para-hydroxylation sites is 2. The van der Waals surface area contributed by atoms with E-state index >= 15 is 0 Å². The second kappa shape index (κ2) is 11.2. The number of methoxy groups -OCH3 is 4. The molecule has 8 heteroatoms. The van der Waals surface area contributed by atoms with Gasteiger partial charge in [0.1, 0.15) is 0 Å². The predicted octanol–water partition coefficient (Wildman–Crippen LogP) is 6.10. The number of fused-ring (bicyclic) bond motifs is 1. The maximum atomic E-state index is 14.0. The Labute approximate surface area is 228 Å². The minimum atomic E-state index is -0.423. The lowest BCUT2D eigenvalue weighted by Gasteiger charge is -2.30. The van der Waals surface area contributed by atoms with Crippen molar-refractivity contribution < 1.29 is 28.5 Å². The van der Waals surface area contributed by atoms with Gasteiger partial charge in [0, 0.05) is 17.7 Å². The average Bonchev–Trinajstić information content (AvgIpc) is 3.13. The van der Waals surface area contributed by atoms with Gasteiger partial charge in [-0.05, 0) is 66.8 Å². The van der Waals surface area contributed by atoms with Crippen LogP contribution in [0.1, 0.15) is 42.9 Å². The van der Waals surface area contributed by atoms with Gasteiger partial charge in [-0.25, -0.2) is 0 Å². The van der Waals surface area contributed by atoms with E-state index in [2.05, 4.69) is 10.6 Å². The van der Waals surface area contributed by atoms with Gasteiger partial charge >= 0.3 is 0 Å². The number of carbonyl (C=O) groups excluding carboxylic acids is 1. The average molecular weight is 531 g/mol. The van der Waals surface area contributed by atoms with E-state index in [4.69, 9.17) is 23.7 Å². The summed E-state index contributed by atoms with van der Waals surface area (Å²) >= 11 is 0. The van der Waals surface area contributed by atoms with E-state index in [0.717, 1.165) is 28.2 Å². The van der Waals surface area contributed by atoms with Crippen LogP contribution in [0, 0.1) is 0 Å². The lowest BCUT2D eigenvalue weighted by Crippen LogP contribution is -2.27. The van der Waals surface area contributed by atoms with Crippen molar-refractivity contribution in [1.82, 2.24) is 0 Å². The molecule has 2 atom stereocenters. The van der Waals surface area contributed by atoms with E-state index in [0.29, 0.717) is 53.8 Å². The van der Waals surface area contributed by atoms with Crippen LogP contribution in [-0.2, 0) is 4.79 Å². The van der Waals surface area contributed by atoms with Crippen LogP contribution >= 0.6 is 0 Å². The minimum absolute atomic E-state index is 0.0146. The van der Waals surface area contributed by atoms with Crippen LogP contribution in [0.25, 0.3) is 0 Å². The highest BCUT2D eigenvalue weighted by Gasteiger charge is 2.37. The zero-order chi connectivity index (χ0) is 27.5. The molecule has 3 aromatic rings. The van der Waals surface area contributed by atoms with Crippen LogP contribution in [0.5, 0.6) is 28.7 Å². The van der Waals surface area contributed by atoms with Gasteiger partial charge in [0.2, 0.25) is 5.75 Å². The molecule has 0 aromatic heterocycles. The van der Waals surface area contributed by atoms with E-state index in [1.54, 1.807) is 28.4 Å². The van der Waals surface area contributed by atoms with Gasteiger partial charge in [0.25, 0.3) is 0 Å². The normalized spacial score (nSPS) is 18.1. The molecule has 0 fully saturated rings. The molecule has 8 nitrogen and oxygen atoms in total. The topological polar surface area (TPSA) is 87.3 Å². The lowest BCUT2D eigenvalue weighted by atomic mass is 9.78. The molecule has 39 heavy (non-hydrogen) atoms. The summed E-state index contributed by atoms with van der Waals surface area (Å²) < 4.78 is 28.1. The number of hydrogen-bond acceptors (Lipinski definition) is 8. The van der Waals surface area contributed by atoms with Crippen molar-refractivity contribution in [3.8, 4) is 28.7 Å². The Morgan fingerprint density at radius 2 is 1.44 bits per heavy atom. The summed E-state index contributed by atoms with van der Waals surface area (Å²) in [4.78, 5) is 14.0. The van der Waals surface area contributed by atoms with Crippen LogP contribution in [0.2, 0.25) is 0 Å². The zero-order valence-electron chi connectivity index (χ0n) is 22.9. The SMILES string of the molecule is CCOc1ccc([C@@H]2CC(=O)C3=C(C2)Nc2ccccc2N[C@@H]3c2cc(OC)c(OC)c(OC)c2)cc1OC. The first-order chi connectivity index (χ1) is 19.0. The van der Waals surface area contributed by atoms with Crippen molar-refractivity contribution >= 4 is 17.2 Å². The molecular weight excluding hydrogens is 496 g/mol. The first-order valence-electron chi connectivity index (χ1n) is 13.0. The van der Waals surface area contributed by atoms with Crippen LogP contribution in [0.15, 0.2) is 65.9 Å². The fourth-order valence-electron chi connectivity index (χ4n) is 5.46. The molecule has 5 rings (SSSR count). The maximum absolute atomic E-state index is 14.0. The second-order valence-corrected chi connectivity index (χ2v) is 9.47. The number of hydrogen-bond donors (Lipinski definition) is 2. The summed E-state index contributed by atoms with van der Waals surface area (Å²) in [5, 5.41) is 7.19. The molecule has 3 aromatic carbocycles. The number of anilines is 2. The first kappa shape index (κ1) is 26.3. The molecular formula is C31H34N2O6. The van der Waals surface area contributed by atoms with Gasteiger partial charge in [0.15, 0.2) is 28.8 Å². The molecule has 0 radical (unpaired) electrons. The van der Waals surface area contributed by atoms with Crippen LogP contribution in [0.4, 0.5) is 11.4 Å². The third kappa shape index (κ3) is 4.94. The Kier molecular flexibility index (Phi) is 7.54. The number of allylic oxidation sites excluding steroid dienone is 1. The Balaban J connectivity index is 1.60. The number of ether oxygens (including phenoxy) is 5. The molecule has 0 spiro atoms. The van der Waals surface area contributed by atoms with E-state index in [9.17, 15) is 4.79 Å². The van der Waals surface area contributed by atoms with Gasteiger partial charge in [-0.2, -0.15) is 0 Å². The van der Waals surface area contributed by atoms with Crippen LogP contribution < -0.4 is 34.3 Å². The number of nitrogens with one attached hydrogen (secondary N) is 2. The Hall–Kier alpha value is -4.33. The molecule has 1 aliphatic heterocycles. The number of ketones is 1. The van der Waals surface area contributed by atoms with Gasteiger partial charge in [-0.3, -0.25) is 4.79 Å².